The monoisotopic (exact) mass is 252 g/mol. The van der Waals surface area contributed by atoms with E-state index in [0.717, 1.165) is 42.8 Å². The Bertz CT molecular complexity index is 572. The summed E-state index contributed by atoms with van der Waals surface area (Å²) in [5.41, 5.74) is 2.14. The largest absolute Gasteiger partial charge is 0.339 e. The third-order valence-corrected chi connectivity index (χ3v) is 4.08. The van der Waals surface area contributed by atoms with Gasteiger partial charge in [-0.15, -0.1) is 0 Å². The van der Waals surface area contributed by atoms with Gasteiger partial charge in [-0.05, 0) is 6.07 Å². The molecule has 2 atom stereocenters. The lowest BCUT2D eigenvalue weighted by atomic mass is 9.96. The molecule has 1 aromatic carbocycles. The summed E-state index contributed by atoms with van der Waals surface area (Å²) < 4.78 is 0. The highest BCUT2D eigenvalue weighted by molar-refractivity contribution is 5.60. The van der Waals surface area contributed by atoms with Gasteiger partial charge >= 0.3 is 0 Å². The van der Waals surface area contributed by atoms with Crippen LogP contribution in [0.3, 0.4) is 0 Å². The van der Waals surface area contributed by atoms with Gasteiger partial charge in [-0.2, -0.15) is 0 Å². The molecule has 4 rings (SSSR count). The smallest absolute Gasteiger partial charge is 0.225 e. The van der Waals surface area contributed by atoms with Gasteiger partial charge in [-0.1, -0.05) is 30.3 Å². The van der Waals surface area contributed by atoms with Crippen LogP contribution in [-0.2, 0) is 0 Å². The lowest BCUT2D eigenvalue weighted by Crippen LogP contribution is -2.51. The van der Waals surface area contributed by atoms with Crippen LogP contribution in [0.2, 0.25) is 0 Å². The SMILES string of the molecule is c1ccc(-c2ccnc(N3CC4CNC4C3)n2)cc1. The van der Waals surface area contributed by atoms with Gasteiger partial charge in [0.25, 0.3) is 0 Å². The van der Waals surface area contributed by atoms with Crippen molar-refractivity contribution in [1.29, 1.82) is 0 Å². The first kappa shape index (κ1) is 10.9. The fourth-order valence-corrected chi connectivity index (χ4v) is 2.89. The molecule has 4 heteroatoms. The minimum atomic E-state index is 0.643. The highest BCUT2D eigenvalue weighted by atomic mass is 15.3. The molecule has 19 heavy (non-hydrogen) atoms. The zero-order valence-corrected chi connectivity index (χ0v) is 10.7. The third kappa shape index (κ3) is 1.88. The maximum absolute atomic E-state index is 4.71. The molecule has 0 radical (unpaired) electrons. The minimum Gasteiger partial charge on any atom is -0.339 e. The van der Waals surface area contributed by atoms with Crippen molar-refractivity contribution >= 4 is 5.95 Å². The second kappa shape index (κ2) is 4.31. The molecule has 1 aromatic heterocycles. The summed E-state index contributed by atoms with van der Waals surface area (Å²) in [6.45, 7) is 3.25. The predicted octanol–water partition coefficient (Wildman–Crippen LogP) is 1.55. The van der Waals surface area contributed by atoms with Gasteiger partial charge in [0.1, 0.15) is 0 Å². The van der Waals surface area contributed by atoms with E-state index in [2.05, 4.69) is 27.3 Å². The minimum absolute atomic E-state index is 0.643. The molecular formula is C15H16N4. The van der Waals surface area contributed by atoms with E-state index < -0.39 is 0 Å². The number of nitrogens with zero attached hydrogens (tertiary/aromatic N) is 3. The Hall–Kier alpha value is -1.94. The molecule has 2 aliphatic rings. The molecule has 2 unspecified atom stereocenters. The van der Waals surface area contributed by atoms with Gasteiger partial charge in [-0.3, -0.25) is 0 Å². The van der Waals surface area contributed by atoms with Crippen molar-refractivity contribution in [3.8, 4) is 11.3 Å². The van der Waals surface area contributed by atoms with Crippen molar-refractivity contribution in [3.05, 3.63) is 42.6 Å². The predicted molar refractivity (Wildman–Crippen MR) is 75.0 cm³/mol. The van der Waals surface area contributed by atoms with Crippen LogP contribution in [0.1, 0.15) is 0 Å². The third-order valence-electron chi connectivity index (χ3n) is 4.08. The number of hydrogen-bond acceptors (Lipinski definition) is 4. The van der Waals surface area contributed by atoms with E-state index >= 15 is 0 Å². The molecule has 4 nitrogen and oxygen atoms in total. The van der Waals surface area contributed by atoms with Crippen molar-refractivity contribution in [2.45, 2.75) is 6.04 Å². The van der Waals surface area contributed by atoms with Crippen molar-refractivity contribution in [3.63, 3.8) is 0 Å². The molecule has 2 aromatic rings. The van der Waals surface area contributed by atoms with E-state index in [-0.39, 0.29) is 0 Å². The first-order chi connectivity index (χ1) is 9.40. The van der Waals surface area contributed by atoms with Crippen molar-refractivity contribution in [2.75, 3.05) is 24.5 Å². The summed E-state index contributed by atoms with van der Waals surface area (Å²) in [6.07, 6.45) is 1.86. The van der Waals surface area contributed by atoms with Crippen LogP contribution < -0.4 is 10.2 Å². The normalized spacial score (nSPS) is 24.9. The van der Waals surface area contributed by atoms with Crippen LogP contribution in [-0.4, -0.2) is 35.6 Å². The van der Waals surface area contributed by atoms with E-state index in [1.165, 1.54) is 0 Å². The van der Waals surface area contributed by atoms with Crippen LogP contribution in [0.25, 0.3) is 11.3 Å². The molecular weight excluding hydrogens is 236 g/mol. The number of hydrogen-bond donors (Lipinski definition) is 1. The molecule has 2 aliphatic heterocycles. The Morgan fingerprint density at radius 2 is 2.00 bits per heavy atom. The van der Waals surface area contributed by atoms with Gasteiger partial charge in [-0.25, -0.2) is 9.97 Å². The first-order valence-electron chi connectivity index (χ1n) is 6.77. The van der Waals surface area contributed by atoms with Gasteiger partial charge in [0.05, 0.1) is 5.69 Å². The highest BCUT2D eigenvalue weighted by Crippen LogP contribution is 2.27. The van der Waals surface area contributed by atoms with Gasteiger partial charge in [0.15, 0.2) is 0 Å². The highest BCUT2D eigenvalue weighted by Gasteiger charge is 2.39. The van der Waals surface area contributed by atoms with Crippen molar-refractivity contribution in [2.24, 2.45) is 5.92 Å². The summed E-state index contributed by atoms with van der Waals surface area (Å²) in [5, 5.41) is 3.46. The molecule has 2 fully saturated rings. The maximum atomic E-state index is 4.71. The second-order valence-corrected chi connectivity index (χ2v) is 5.29. The second-order valence-electron chi connectivity index (χ2n) is 5.29. The van der Waals surface area contributed by atoms with Crippen LogP contribution in [0.4, 0.5) is 5.95 Å². The maximum Gasteiger partial charge on any atom is 0.225 e. The topological polar surface area (TPSA) is 41.1 Å². The Morgan fingerprint density at radius 3 is 2.68 bits per heavy atom. The molecule has 1 N–H and O–H groups in total. The summed E-state index contributed by atoms with van der Waals surface area (Å²) in [4.78, 5) is 11.4. The number of benzene rings is 1. The summed E-state index contributed by atoms with van der Waals surface area (Å²) in [7, 11) is 0. The quantitative estimate of drug-likeness (QED) is 0.880. The van der Waals surface area contributed by atoms with E-state index in [1.54, 1.807) is 0 Å². The average molecular weight is 252 g/mol. The van der Waals surface area contributed by atoms with Crippen LogP contribution >= 0.6 is 0 Å². The van der Waals surface area contributed by atoms with Crippen LogP contribution in [0.15, 0.2) is 42.6 Å². The Labute approximate surface area is 112 Å². The number of fused-ring (bicyclic) bond motifs is 1. The lowest BCUT2D eigenvalue weighted by molar-refractivity contribution is 0.297. The average Bonchev–Trinajstić information content (AvgIpc) is 2.76. The Balaban J connectivity index is 1.63. The lowest BCUT2D eigenvalue weighted by Gasteiger charge is -2.29. The molecule has 0 spiro atoms. The standard InChI is InChI=1S/C15H16N4/c1-2-4-11(5-3-1)13-6-7-16-15(18-13)19-9-12-8-17-14(12)10-19/h1-7,12,14,17H,8-10H2. The summed E-state index contributed by atoms with van der Waals surface area (Å²) >= 11 is 0. The molecule has 2 saturated heterocycles. The van der Waals surface area contributed by atoms with E-state index in [1.807, 2.05) is 30.5 Å². The molecule has 0 aliphatic carbocycles. The molecule has 3 heterocycles. The molecule has 96 valence electrons. The summed E-state index contributed by atoms with van der Waals surface area (Å²) in [6, 6.07) is 12.9. The number of anilines is 1. The summed E-state index contributed by atoms with van der Waals surface area (Å²) in [5.74, 6) is 1.64. The van der Waals surface area contributed by atoms with E-state index in [4.69, 9.17) is 4.98 Å². The number of rotatable bonds is 2. The Morgan fingerprint density at radius 1 is 1.11 bits per heavy atom. The zero-order chi connectivity index (χ0) is 12.7. The van der Waals surface area contributed by atoms with E-state index in [9.17, 15) is 0 Å². The number of aromatic nitrogens is 2. The van der Waals surface area contributed by atoms with Gasteiger partial charge in [0, 0.05) is 43.4 Å². The Kier molecular flexibility index (Phi) is 2.48. The van der Waals surface area contributed by atoms with Crippen molar-refractivity contribution < 1.29 is 0 Å². The first-order valence-corrected chi connectivity index (χ1v) is 6.77. The van der Waals surface area contributed by atoms with Crippen LogP contribution in [0.5, 0.6) is 0 Å². The fraction of sp³-hybridized carbons (Fsp3) is 0.333. The van der Waals surface area contributed by atoms with Gasteiger partial charge < -0.3 is 10.2 Å². The molecule has 0 bridgehead atoms. The number of nitrogens with one attached hydrogen (secondary N) is 1. The van der Waals surface area contributed by atoms with Crippen LogP contribution in [0, 0.1) is 5.92 Å². The van der Waals surface area contributed by atoms with Crippen molar-refractivity contribution in [1.82, 2.24) is 15.3 Å². The zero-order valence-electron chi connectivity index (χ0n) is 10.7. The molecule has 0 amide bonds. The fourth-order valence-electron chi connectivity index (χ4n) is 2.89. The molecule has 0 saturated carbocycles. The van der Waals surface area contributed by atoms with E-state index in [0.29, 0.717) is 6.04 Å². The van der Waals surface area contributed by atoms with Gasteiger partial charge in [0.2, 0.25) is 5.95 Å².